The van der Waals surface area contributed by atoms with Crippen molar-refractivity contribution in [2.75, 3.05) is 6.61 Å². The molecule has 0 aliphatic carbocycles. The maximum Gasteiger partial charge on any atom is 0.331 e. The summed E-state index contributed by atoms with van der Waals surface area (Å²) < 4.78 is 5.59. The average molecular weight is 256 g/mol. The monoisotopic (exact) mass is 256 g/mol. The average Bonchev–Trinajstić information content (AvgIpc) is 2.29. The molecule has 0 aromatic carbocycles. The molecule has 1 aromatic heterocycles. The van der Waals surface area contributed by atoms with E-state index in [9.17, 15) is 19.5 Å². The van der Waals surface area contributed by atoms with Crippen LogP contribution in [0.2, 0.25) is 0 Å². The van der Waals surface area contributed by atoms with Gasteiger partial charge in [-0.05, 0) is 20.3 Å². The SMILES string of the molecule is CCOC(=O)C(C)n1c(O)c(CC)c(=O)[nH]c1=O. The molecule has 100 valence electrons. The van der Waals surface area contributed by atoms with Crippen LogP contribution in [-0.2, 0) is 16.0 Å². The second kappa shape index (κ2) is 5.52. The molecule has 1 unspecified atom stereocenters. The molecule has 1 rings (SSSR count). The Morgan fingerprint density at radius 3 is 2.56 bits per heavy atom. The largest absolute Gasteiger partial charge is 0.494 e. The van der Waals surface area contributed by atoms with Gasteiger partial charge in [0.25, 0.3) is 5.56 Å². The Balaban J connectivity index is 3.37. The van der Waals surface area contributed by atoms with E-state index in [1.54, 1.807) is 13.8 Å². The van der Waals surface area contributed by atoms with Crippen LogP contribution < -0.4 is 11.2 Å². The van der Waals surface area contributed by atoms with Crippen LogP contribution in [0, 0.1) is 0 Å². The quantitative estimate of drug-likeness (QED) is 0.734. The summed E-state index contributed by atoms with van der Waals surface area (Å²) in [6, 6.07) is -1.00. The summed E-state index contributed by atoms with van der Waals surface area (Å²) >= 11 is 0. The highest BCUT2D eigenvalue weighted by Crippen LogP contribution is 2.16. The zero-order valence-electron chi connectivity index (χ0n) is 10.5. The fraction of sp³-hybridized carbons (Fsp3) is 0.545. The number of carbonyl (C=O) groups excluding carboxylic acids is 1. The second-order valence-corrected chi connectivity index (χ2v) is 3.71. The van der Waals surface area contributed by atoms with Gasteiger partial charge >= 0.3 is 11.7 Å². The molecular formula is C11H16N2O5. The highest BCUT2D eigenvalue weighted by molar-refractivity contribution is 5.74. The number of rotatable bonds is 4. The van der Waals surface area contributed by atoms with Crippen molar-refractivity contribution >= 4 is 5.97 Å². The number of H-pyrrole nitrogens is 1. The molecule has 0 saturated heterocycles. The number of aromatic nitrogens is 2. The van der Waals surface area contributed by atoms with E-state index < -0.39 is 29.1 Å². The molecule has 0 amide bonds. The predicted octanol–water partition coefficient (Wildman–Crippen LogP) is -0.0713. The number of ether oxygens (including phenoxy) is 1. The van der Waals surface area contributed by atoms with E-state index in [1.165, 1.54) is 6.92 Å². The van der Waals surface area contributed by atoms with Crippen molar-refractivity contribution in [3.05, 3.63) is 26.4 Å². The molecule has 0 aliphatic rings. The van der Waals surface area contributed by atoms with Gasteiger partial charge in [0, 0.05) is 0 Å². The van der Waals surface area contributed by atoms with E-state index >= 15 is 0 Å². The van der Waals surface area contributed by atoms with Crippen LogP contribution in [0.15, 0.2) is 9.59 Å². The van der Waals surface area contributed by atoms with E-state index in [2.05, 4.69) is 4.98 Å². The van der Waals surface area contributed by atoms with Crippen molar-refractivity contribution < 1.29 is 14.6 Å². The fourth-order valence-corrected chi connectivity index (χ4v) is 1.62. The van der Waals surface area contributed by atoms with Crippen LogP contribution in [0.1, 0.15) is 32.4 Å². The third-order valence-electron chi connectivity index (χ3n) is 2.58. The summed E-state index contributed by atoms with van der Waals surface area (Å²) in [4.78, 5) is 36.6. The zero-order chi connectivity index (χ0) is 13.9. The van der Waals surface area contributed by atoms with E-state index in [4.69, 9.17) is 4.74 Å². The van der Waals surface area contributed by atoms with Gasteiger partial charge in [-0.25, -0.2) is 14.2 Å². The van der Waals surface area contributed by atoms with Crippen LogP contribution in [0.5, 0.6) is 5.88 Å². The molecule has 1 aromatic rings. The first-order chi connectivity index (χ1) is 8.43. The van der Waals surface area contributed by atoms with Crippen LogP contribution in [0.4, 0.5) is 0 Å². The highest BCUT2D eigenvalue weighted by atomic mass is 16.5. The molecule has 7 heteroatoms. The minimum Gasteiger partial charge on any atom is -0.494 e. The van der Waals surface area contributed by atoms with Gasteiger partial charge in [0.2, 0.25) is 5.88 Å². The Morgan fingerprint density at radius 2 is 2.06 bits per heavy atom. The third kappa shape index (κ3) is 2.44. The summed E-state index contributed by atoms with van der Waals surface area (Å²) in [6.45, 7) is 4.88. The summed E-state index contributed by atoms with van der Waals surface area (Å²) in [6.07, 6.45) is 0.247. The number of esters is 1. The van der Waals surface area contributed by atoms with Gasteiger partial charge in [0.1, 0.15) is 6.04 Å². The summed E-state index contributed by atoms with van der Waals surface area (Å²) in [5, 5.41) is 9.87. The second-order valence-electron chi connectivity index (χ2n) is 3.71. The number of hydrogen-bond acceptors (Lipinski definition) is 5. The molecule has 18 heavy (non-hydrogen) atoms. The lowest BCUT2D eigenvalue weighted by molar-refractivity contribution is -0.146. The molecule has 0 saturated carbocycles. The fourth-order valence-electron chi connectivity index (χ4n) is 1.62. The van der Waals surface area contributed by atoms with Gasteiger partial charge in [0.05, 0.1) is 12.2 Å². The minimum atomic E-state index is -1.00. The Labute approximate surface area is 103 Å². The number of hydrogen-bond donors (Lipinski definition) is 2. The minimum absolute atomic E-state index is 0.0609. The lowest BCUT2D eigenvalue weighted by Crippen LogP contribution is -2.36. The maximum atomic E-state index is 11.6. The number of aromatic amines is 1. The molecule has 0 spiro atoms. The van der Waals surface area contributed by atoms with E-state index in [0.717, 1.165) is 4.57 Å². The molecule has 7 nitrogen and oxygen atoms in total. The van der Waals surface area contributed by atoms with Crippen LogP contribution in [-0.4, -0.2) is 27.2 Å². The lowest BCUT2D eigenvalue weighted by atomic mass is 10.2. The van der Waals surface area contributed by atoms with Gasteiger partial charge in [-0.2, -0.15) is 0 Å². The van der Waals surface area contributed by atoms with Crippen LogP contribution in [0.25, 0.3) is 0 Å². The molecule has 1 atom stereocenters. The number of nitrogens with zero attached hydrogens (tertiary/aromatic N) is 1. The molecule has 0 radical (unpaired) electrons. The number of nitrogens with one attached hydrogen (secondary N) is 1. The van der Waals surface area contributed by atoms with Crippen LogP contribution >= 0.6 is 0 Å². The van der Waals surface area contributed by atoms with Gasteiger partial charge in [-0.1, -0.05) is 6.92 Å². The van der Waals surface area contributed by atoms with E-state index in [1.807, 2.05) is 0 Å². The normalized spacial score (nSPS) is 12.2. The van der Waals surface area contributed by atoms with Gasteiger partial charge < -0.3 is 9.84 Å². The first kappa shape index (κ1) is 14.0. The first-order valence-electron chi connectivity index (χ1n) is 5.67. The summed E-state index contributed by atoms with van der Waals surface area (Å²) in [5.41, 5.74) is -1.42. The van der Waals surface area contributed by atoms with Crippen molar-refractivity contribution in [2.45, 2.75) is 33.2 Å². The molecule has 0 bridgehead atoms. The molecule has 0 fully saturated rings. The van der Waals surface area contributed by atoms with Crippen molar-refractivity contribution in [3.63, 3.8) is 0 Å². The summed E-state index contributed by atoms with van der Waals surface area (Å²) in [5.74, 6) is -1.14. The number of carbonyl (C=O) groups is 1. The van der Waals surface area contributed by atoms with Gasteiger partial charge in [-0.3, -0.25) is 9.78 Å². The highest BCUT2D eigenvalue weighted by Gasteiger charge is 2.23. The Hall–Kier alpha value is -2.05. The standard InChI is InChI=1S/C11H16N2O5/c1-4-7-8(14)12-11(17)13(9(7)15)6(3)10(16)18-5-2/h6,15H,4-5H2,1-3H3,(H,12,14,17). The molecule has 2 N–H and O–H groups in total. The van der Waals surface area contributed by atoms with Crippen LogP contribution in [0.3, 0.4) is 0 Å². The molecular weight excluding hydrogens is 240 g/mol. The summed E-state index contributed by atoms with van der Waals surface area (Å²) in [7, 11) is 0. The third-order valence-corrected chi connectivity index (χ3v) is 2.58. The van der Waals surface area contributed by atoms with E-state index in [-0.39, 0.29) is 18.6 Å². The van der Waals surface area contributed by atoms with Crippen molar-refractivity contribution in [1.82, 2.24) is 9.55 Å². The van der Waals surface area contributed by atoms with E-state index in [0.29, 0.717) is 0 Å². The lowest BCUT2D eigenvalue weighted by Gasteiger charge is -2.16. The predicted molar refractivity (Wildman–Crippen MR) is 63.7 cm³/mol. The van der Waals surface area contributed by atoms with Crippen molar-refractivity contribution in [3.8, 4) is 5.88 Å². The smallest absolute Gasteiger partial charge is 0.331 e. The first-order valence-corrected chi connectivity index (χ1v) is 5.67. The van der Waals surface area contributed by atoms with Gasteiger partial charge in [0.15, 0.2) is 0 Å². The molecule has 1 heterocycles. The van der Waals surface area contributed by atoms with Crippen molar-refractivity contribution in [1.29, 1.82) is 0 Å². The Kier molecular flexibility index (Phi) is 4.30. The zero-order valence-corrected chi connectivity index (χ0v) is 10.5. The van der Waals surface area contributed by atoms with Crippen molar-refractivity contribution in [2.24, 2.45) is 0 Å². The Bertz CT molecular complexity index is 558. The number of aromatic hydroxyl groups is 1. The molecule has 0 aliphatic heterocycles. The Morgan fingerprint density at radius 1 is 1.44 bits per heavy atom. The maximum absolute atomic E-state index is 11.6. The van der Waals surface area contributed by atoms with Gasteiger partial charge in [-0.15, -0.1) is 0 Å². The topological polar surface area (TPSA) is 101 Å².